The summed E-state index contributed by atoms with van der Waals surface area (Å²) < 4.78 is 16.7. The van der Waals surface area contributed by atoms with Crippen molar-refractivity contribution in [2.75, 3.05) is 14.2 Å². The number of hydrogen-bond donors (Lipinski definition) is 1. The first-order valence-corrected chi connectivity index (χ1v) is 9.50. The highest BCUT2D eigenvalue weighted by Crippen LogP contribution is 2.39. The summed E-state index contributed by atoms with van der Waals surface area (Å²) in [4.78, 5) is 7.70. The lowest BCUT2D eigenvalue weighted by Gasteiger charge is -2.10. The van der Waals surface area contributed by atoms with Gasteiger partial charge in [-0.1, -0.05) is 17.7 Å². The number of aromatic amines is 1. The van der Waals surface area contributed by atoms with E-state index in [9.17, 15) is 5.26 Å². The van der Waals surface area contributed by atoms with Crippen LogP contribution in [0.4, 0.5) is 0 Å². The summed E-state index contributed by atoms with van der Waals surface area (Å²) in [5, 5.41) is 10.1. The molecule has 0 bridgehead atoms. The molecular formula is C23H18ClN3O3. The van der Waals surface area contributed by atoms with Gasteiger partial charge in [0.1, 0.15) is 34.9 Å². The monoisotopic (exact) mass is 419 g/mol. The van der Waals surface area contributed by atoms with Crippen molar-refractivity contribution >= 4 is 34.3 Å². The topological polar surface area (TPSA) is 84.1 Å². The van der Waals surface area contributed by atoms with Crippen LogP contribution in [0, 0.1) is 18.3 Å². The van der Waals surface area contributed by atoms with Gasteiger partial charge >= 0.3 is 0 Å². The Morgan fingerprint density at radius 2 is 1.93 bits per heavy atom. The number of nitrogens with one attached hydrogen (secondary N) is 1. The second-order valence-electron chi connectivity index (χ2n) is 6.66. The minimum Gasteiger partial charge on any atom is -0.496 e. The molecule has 0 aliphatic rings. The number of rotatable bonds is 5. The molecule has 2 aromatic heterocycles. The van der Waals surface area contributed by atoms with E-state index in [-0.39, 0.29) is 0 Å². The number of methoxy groups -OCH3 is 2. The van der Waals surface area contributed by atoms with Gasteiger partial charge < -0.3 is 18.9 Å². The highest BCUT2D eigenvalue weighted by atomic mass is 35.5. The first kappa shape index (κ1) is 19.6. The van der Waals surface area contributed by atoms with Gasteiger partial charge in [0.25, 0.3) is 0 Å². The lowest BCUT2D eigenvalue weighted by atomic mass is 10.1. The molecule has 0 amide bonds. The number of allylic oxidation sites excluding steroid dienone is 1. The van der Waals surface area contributed by atoms with Crippen molar-refractivity contribution in [1.29, 1.82) is 5.26 Å². The molecule has 0 saturated heterocycles. The fourth-order valence-electron chi connectivity index (χ4n) is 3.18. The predicted octanol–water partition coefficient (Wildman–Crippen LogP) is 5.87. The zero-order chi connectivity index (χ0) is 21.3. The van der Waals surface area contributed by atoms with Gasteiger partial charge in [0, 0.05) is 12.1 Å². The summed E-state index contributed by atoms with van der Waals surface area (Å²) in [6.45, 7) is 2.01. The third kappa shape index (κ3) is 3.63. The number of imidazole rings is 1. The Hall–Kier alpha value is -3.69. The predicted molar refractivity (Wildman–Crippen MR) is 117 cm³/mol. The fraction of sp³-hybridized carbons (Fsp3) is 0.130. The third-order valence-corrected chi connectivity index (χ3v) is 4.96. The van der Waals surface area contributed by atoms with E-state index >= 15 is 0 Å². The van der Waals surface area contributed by atoms with Gasteiger partial charge in [-0.15, -0.1) is 0 Å². The molecule has 0 aliphatic heterocycles. The number of nitrogens with zero attached hydrogens (tertiary/aromatic N) is 2. The molecule has 6 nitrogen and oxygen atoms in total. The van der Waals surface area contributed by atoms with Crippen LogP contribution in [-0.4, -0.2) is 24.2 Å². The molecule has 0 unspecified atom stereocenters. The van der Waals surface area contributed by atoms with Gasteiger partial charge in [-0.3, -0.25) is 0 Å². The van der Waals surface area contributed by atoms with E-state index in [0.29, 0.717) is 45.0 Å². The molecule has 4 aromatic rings. The molecule has 0 saturated carbocycles. The van der Waals surface area contributed by atoms with E-state index in [1.807, 2.05) is 25.1 Å². The van der Waals surface area contributed by atoms with Crippen LogP contribution >= 0.6 is 11.6 Å². The van der Waals surface area contributed by atoms with E-state index in [1.165, 1.54) is 0 Å². The van der Waals surface area contributed by atoms with Crippen LogP contribution in [0.25, 0.3) is 34.0 Å². The van der Waals surface area contributed by atoms with Crippen molar-refractivity contribution in [3.8, 4) is 28.9 Å². The highest BCUT2D eigenvalue weighted by molar-refractivity contribution is 6.32. The largest absolute Gasteiger partial charge is 0.496 e. The van der Waals surface area contributed by atoms with Gasteiger partial charge in [0.2, 0.25) is 0 Å². The van der Waals surface area contributed by atoms with E-state index in [1.54, 1.807) is 44.6 Å². The van der Waals surface area contributed by atoms with Crippen molar-refractivity contribution in [3.63, 3.8) is 0 Å². The first-order valence-electron chi connectivity index (χ1n) is 9.12. The Kier molecular flexibility index (Phi) is 5.21. The third-order valence-electron chi connectivity index (χ3n) is 4.67. The van der Waals surface area contributed by atoms with Crippen LogP contribution in [0.2, 0.25) is 5.02 Å². The maximum atomic E-state index is 9.65. The number of furan rings is 1. The molecule has 150 valence electrons. The van der Waals surface area contributed by atoms with Crippen LogP contribution in [0.3, 0.4) is 0 Å². The smallest absolute Gasteiger partial charge is 0.149 e. The van der Waals surface area contributed by atoms with E-state index in [0.717, 1.165) is 16.6 Å². The number of fused-ring (bicyclic) bond motifs is 1. The fourth-order valence-corrected chi connectivity index (χ4v) is 3.41. The van der Waals surface area contributed by atoms with Crippen molar-refractivity contribution in [1.82, 2.24) is 9.97 Å². The minimum atomic E-state index is 0.366. The number of benzene rings is 2. The van der Waals surface area contributed by atoms with Gasteiger partial charge in [0.15, 0.2) is 0 Å². The molecule has 1 N–H and O–H groups in total. The molecule has 0 spiro atoms. The number of halogens is 1. The number of hydrogen-bond acceptors (Lipinski definition) is 5. The molecule has 0 aliphatic carbocycles. The molecule has 2 aromatic carbocycles. The van der Waals surface area contributed by atoms with Gasteiger partial charge in [0.05, 0.1) is 41.4 Å². The summed E-state index contributed by atoms with van der Waals surface area (Å²) in [7, 11) is 3.10. The molecule has 30 heavy (non-hydrogen) atoms. The summed E-state index contributed by atoms with van der Waals surface area (Å²) >= 11 is 6.18. The molecule has 2 heterocycles. The van der Waals surface area contributed by atoms with Crippen molar-refractivity contribution in [2.24, 2.45) is 0 Å². The normalized spacial score (nSPS) is 11.5. The van der Waals surface area contributed by atoms with Crippen LogP contribution in [-0.2, 0) is 0 Å². The second-order valence-corrected chi connectivity index (χ2v) is 7.07. The van der Waals surface area contributed by atoms with Crippen molar-refractivity contribution in [2.45, 2.75) is 6.92 Å². The summed E-state index contributed by atoms with van der Waals surface area (Å²) in [5.74, 6) is 2.62. The minimum absolute atomic E-state index is 0.366. The number of aromatic nitrogens is 2. The van der Waals surface area contributed by atoms with Crippen LogP contribution < -0.4 is 9.47 Å². The quantitative estimate of drug-likeness (QED) is 0.409. The van der Waals surface area contributed by atoms with Crippen LogP contribution in [0.1, 0.15) is 17.1 Å². The molecule has 0 radical (unpaired) electrons. The summed E-state index contributed by atoms with van der Waals surface area (Å²) in [5.41, 5.74) is 3.85. The number of H-pyrrole nitrogens is 1. The lowest BCUT2D eigenvalue weighted by molar-refractivity contribution is 0.403. The first-order chi connectivity index (χ1) is 14.5. The van der Waals surface area contributed by atoms with Crippen LogP contribution in [0.15, 0.2) is 46.9 Å². The highest BCUT2D eigenvalue weighted by Gasteiger charge is 2.15. The molecular weight excluding hydrogens is 402 g/mol. The molecule has 7 heteroatoms. The summed E-state index contributed by atoms with van der Waals surface area (Å²) in [6, 6.07) is 15.1. The zero-order valence-corrected chi connectivity index (χ0v) is 17.4. The maximum Gasteiger partial charge on any atom is 0.149 e. The Balaban J connectivity index is 1.72. The zero-order valence-electron chi connectivity index (χ0n) is 16.6. The van der Waals surface area contributed by atoms with E-state index < -0.39 is 0 Å². The molecule has 0 fully saturated rings. The van der Waals surface area contributed by atoms with Crippen LogP contribution in [0.5, 0.6) is 11.5 Å². The SMILES string of the molecule is COc1cc(-c2ccc(C=C(C#N)c3nc4ccc(C)cc4[nH]3)o2)c(OC)cc1Cl. The number of nitriles is 1. The molecule has 4 rings (SSSR count). The van der Waals surface area contributed by atoms with Gasteiger partial charge in [-0.05, 0) is 42.8 Å². The van der Waals surface area contributed by atoms with Gasteiger partial charge in [-0.25, -0.2) is 4.98 Å². The second kappa shape index (κ2) is 7.97. The average molecular weight is 420 g/mol. The van der Waals surface area contributed by atoms with Crippen molar-refractivity contribution in [3.05, 3.63) is 64.6 Å². The average Bonchev–Trinajstić information content (AvgIpc) is 3.38. The Morgan fingerprint density at radius 3 is 2.67 bits per heavy atom. The lowest BCUT2D eigenvalue weighted by Crippen LogP contribution is -1.91. The Bertz CT molecular complexity index is 1310. The summed E-state index contributed by atoms with van der Waals surface area (Å²) in [6.07, 6.45) is 1.65. The number of aryl methyl sites for hydroxylation is 1. The van der Waals surface area contributed by atoms with Crippen molar-refractivity contribution < 1.29 is 13.9 Å². The standard InChI is InChI=1S/C23H18ClN3O3/c1-13-4-6-18-19(8-13)27-23(26-18)14(12-25)9-15-5-7-20(30-15)16-10-22(29-3)17(24)11-21(16)28-2/h4-11H,1-3H3,(H,26,27). The van der Waals surface area contributed by atoms with E-state index in [2.05, 4.69) is 16.0 Å². The Labute approximate surface area is 178 Å². The van der Waals surface area contributed by atoms with E-state index in [4.69, 9.17) is 25.5 Å². The molecule has 0 atom stereocenters. The maximum absolute atomic E-state index is 9.65. The Morgan fingerprint density at radius 1 is 1.13 bits per heavy atom. The van der Waals surface area contributed by atoms with Gasteiger partial charge in [-0.2, -0.15) is 5.26 Å². The number of ether oxygens (including phenoxy) is 2.